The number of carbonyl (C=O) groups is 2. The normalized spacial score (nSPS) is 10.2. The van der Waals surface area contributed by atoms with E-state index in [9.17, 15) is 9.59 Å². The van der Waals surface area contributed by atoms with Gasteiger partial charge in [0.05, 0.1) is 0 Å². The molecule has 154 valence electrons. The van der Waals surface area contributed by atoms with E-state index in [1.807, 2.05) is 62.4 Å². The predicted molar refractivity (Wildman–Crippen MR) is 114 cm³/mol. The Balaban J connectivity index is 1.43. The summed E-state index contributed by atoms with van der Waals surface area (Å²) in [7, 11) is 0. The van der Waals surface area contributed by atoms with E-state index in [4.69, 9.17) is 9.47 Å². The number of amides is 2. The van der Waals surface area contributed by atoms with Crippen LogP contribution in [0, 0.1) is 13.8 Å². The summed E-state index contributed by atoms with van der Waals surface area (Å²) < 4.78 is 11.2. The van der Waals surface area contributed by atoms with Crippen molar-refractivity contribution in [3.8, 4) is 11.5 Å². The van der Waals surface area contributed by atoms with Crippen LogP contribution in [0.15, 0.2) is 72.8 Å². The Morgan fingerprint density at radius 2 is 1.57 bits per heavy atom. The third kappa shape index (κ3) is 6.10. The van der Waals surface area contributed by atoms with Gasteiger partial charge in [0.15, 0.2) is 6.61 Å². The van der Waals surface area contributed by atoms with Gasteiger partial charge in [-0.1, -0.05) is 48.0 Å². The van der Waals surface area contributed by atoms with Gasteiger partial charge in [-0.25, -0.2) is 0 Å². The van der Waals surface area contributed by atoms with Crippen LogP contribution in [0.4, 0.5) is 0 Å². The van der Waals surface area contributed by atoms with Gasteiger partial charge in [0, 0.05) is 5.56 Å². The maximum absolute atomic E-state index is 12.2. The highest BCUT2D eigenvalue weighted by atomic mass is 16.5. The first kappa shape index (κ1) is 20.9. The summed E-state index contributed by atoms with van der Waals surface area (Å²) in [5.41, 5.74) is 8.25. The van der Waals surface area contributed by atoms with Gasteiger partial charge >= 0.3 is 0 Å². The molecule has 0 aliphatic rings. The second kappa shape index (κ2) is 10.1. The molecule has 6 heteroatoms. The molecule has 0 spiro atoms. The molecule has 0 aromatic heterocycles. The van der Waals surface area contributed by atoms with Crippen molar-refractivity contribution >= 4 is 11.8 Å². The van der Waals surface area contributed by atoms with Crippen molar-refractivity contribution in [1.29, 1.82) is 0 Å². The highest BCUT2D eigenvalue weighted by Crippen LogP contribution is 2.18. The van der Waals surface area contributed by atoms with Crippen LogP contribution in [0.1, 0.15) is 27.0 Å². The largest absolute Gasteiger partial charge is 0.489 e. The Hall–Kier alpha value is -3.80. The molecule has 6 nitrogen and oxygen atoms in total. The number of hydrazine groups is 1. The van der Waals surface area contributed by atoms with Crippen molar-refractivity contribution in [2.45, 2.75) is 20.5 Å². The maximum atomic E-state index is 12.2. The average Bonchev–Trinajstić information content (AvgIpc) is 2.76. The maximum Gasteiger partial charge on any atom is 0.276 e. The second-order valence-electron chi connectivity index (χ2n) is 6.86. The molecule has 3 rings (SSSR count). The molecule has 0 bridgehead atoms. The highest BCUT2D eigenvalue weighted by Gasteiger charge is 2.09. The smallest absolute Gasteiger partial charge is 0.276 e. The lowest BCUT2D eigenvalue weighted by Gasteiger charge is -2.11. The first-order valence-electron chi connectivity index (χ1n) is 9.57. The first-order chi connectivity index (χ1) is 14.5. The fourth-order valence-electron chi connectivity index (χ4n) is 2.78. The molecule has 2 N–H and O–H groups in total. The van der Waals surface area contributed by atoms with Crippen LogP contribution in [0.25, 0.3) is 0 Å². The van der Waals surface area contributed by atoms with Gasteiger partial charge in [-0.2, -0.15) is 0 Å². The summed E-state index contributed by atoms with van der Waals surface area (Å²) in [6.07, 6.45) is 0. The van der Waals surface area contributed by atoms with E-state index in [1.54, 1.807) is 24.3 Å². The Bertz CT molecular complexity index is 1000. The SMILES string of the molecule is Cc1ccc(OCC(=O)NNC(=O)c2ccc(OCc3ccccc3)cc2)c(C)c1. The molecule has 0 unspecified atom stereocenters. The molecule has 0 saturated heterocycles. The van der Waals surface area contributed by atoms with Crippen LogP contribution in [-0.4, -0.2) is 18.4 Å². The van der Waals surface area contributed by atoms with Crippen molar-refractivity contribution < 1.29 is 19.1 Å². The summed E-state index contributed by atoms with van der Waals surface area (Å²) in [5.74, 6) is 0.407. The second-order valence-corrected chi connectivity index (χ2v) is 6.86. The lowest BCUT2D eigenvalue weighted by molar-refractivity contribution is -0.123. The molecule has 0 aliphatic heterocycles. The summed E-state index contributed by atoms with van der Waals surface area (Å²) >= 11 is 0. The van der Waals surface area contributed by atoms with E-state index in [0.717, 1.165) is 16.7 Å². The Morgan fingerprint density at radius 1 is 0.833 bits per heavy atom. The molecule has 0 atom stereocenters. The number of benzene rings is 3. The van der Waals surface area contributed by atoms with Crippen molar-refractivity contribution in [2.24, 2.45) is 0 Å². The van der Waals surface area contributed by atoms with E-state index in [0.29, 0.717) is 23.7 Å². The number of rotatable bonds is 7. The lowest BCUT2D eigenvalue weighted by Crippen LogP contribution is -2.43. The van der Waals surface area contributed by atoms with Crippen molar-refractivity contribution in [2.75, 3.05) is 6.61 Å². The molecular weight excluding hydrogens is 380 g/mol. The molecular formula is C24H24N2O4. The van der Waals surface area contributed by atoms with E-state index in [2.05, 4.69) is 10.9 Å². The molecule has 0 saturated carbocycles. The van der Waals surface area contributed by atoms with Crippen LogP contribution in [-0.2, 0) is 11.4 Å². The molecule has 2 amide bonds. The third-order valence-corrected chi connectivity index (χ3v) is 4.37. The predicted octanol–water partition coefficient (Wildman–Crippen LogP) is 3.72. The van der Waals surface area contributed by atoms with Crippen LogP contribution < -0.4 is 20.3 Å². The number of ether oxygens (including phenoxy) is 2. The molecule has 0 heterocycles. The zero-order valence-electron chi connectivity index (χ0n) is 17.0. The summed E-state index contributed by atoms with van der Waals surface area (Å²) in [4.78, 5) is 24.1. The number of carbonyl (C=O) groups excluding carboxylic acids is 2. The fourth-order valence-corrected chi connectivity index (χ4v) is 2.78. The van der Waals surface area contributed by atoms with Gasteiger partial charge in [0.25, 0.3) is 11.8 Å². The van der Waals surface area contributed by atoms with E-state index >= 15 is 0 Å². The summed E-state index contributed by atoms with van der Waals surface area (Å²) in [6, 6.07) is 22.2. The van der Waals surface area contributed by atoms with Gasteiger partial charge in [0.1, 0.15) is 18.1 Å². The molecule has 3 aromatic carbocycles. The van der Waals surface area contributed by atoms with Gasteiger partial charge in [-0.15, -0.1) is 0 Å². The quantitative estimate of drug-likeness (QED) is 0.589. The minimum Gasteiger partial charge on any atom is -0.489 e. The number of hydrogen-bond donors (Lipinski definition) is 2. The van der Waals surface area contributed by atoms with Crippen molar-refractivity contribution in [1.82, 2.24) is 10.9 Å². The van der Waals surface area contributed by atoms with Crippen LogP contribution in [0.3, 0.4) is 0 Å². The minimum atomic E-state index is -0.453. The molecule has 0 aliphatic carbocycles. The van der Waals surface area contributed by atoms with E-state index in [1.165, 1.54) is 0 Å². The van der Waals surface area contributed by atoms with E-state index in [-0.39, 0.29) is 6.61 Å². The van der Waals surface area contributed by atoms with Gasteiger partial charge in [-0.05, 0) is 55.3 Å². The summed E-state index contributed by atoms with van der Waals surface area (Å²) in [6.45, 7) is 4.15. The number of hydrogen-bond acceptors (Lipinski definition) is 4. The van der Waals surface area contributed by atoms with Crippen LogP contribution >= 0.6 is 0 Å². The van der Waals surface area contributed by atoms with Gasteiger partial charge < -0.3 is 9.47 Å². The molecule has 0 fully saturated rings. The minimum absolute atomic E-state index is 0.198. The molecule has 3 aromatic rings. The first-order valence-corrected chi connectivity index (χ1v) is 9.57. The Morgan fingerprint density at radius 3 is 2.27 bits per heavy atom. The Kier molecular flexibility index (Phi) is 7.05. The molecule has 30 heavy (non-hydrogen) atoms. The van der Waals surface area contributed by atoms with E-state index < -0.39 is 11.8 Å². The number of nitrogens with one attached hydrogen (secondary N) is 2. The fraction of sp³-hybridized carbons (Fsp3) is 0.167. The highest BCUT2D eigenvalue weighted by molar-refractivity contribution is 5.95. The monoisotopic (exact) mass is 404 g/mol. The Labute approximate surface area is 175 Å². The van der Waals surface area contributed by atoms with Gasteiger partial charge in [0.2, 0.25) is 0 Å². The lowest BCUT2D eigenvalue weighted by atomic mass is 10.1. The standard InChI is InChI=1S/C24H24N2O4/c1-17-8-13-22(18(2)14-17)30-16-23(27)25-26-24(28)20-9-11-21(12-10-20)29-15-19-6-4-3-5-7-19/h3-14H,15-16H2,1-2H3,(H,25,27)(H,26,28). The van der Waals surface area contributed by atoms with Crippen LogP contribution in [0.2, 0.25) is 0 Å². The topological polar surface area (TPSA) is 76.7 Å². The third-order valence-electron chi connectivity index (χ3n) is 4.37. The zero-order chi connectivity index (χ0) is 21.3. The zero-order valence-corrected chi connectivity index (χ0v) is 17.0. The average molecular weight is 404 g/mol. The van der Waals surface area contributed by atoms with Crippen molar-refractivity contribution in [3.05, 3.63) is 95.1 Å². The number of aryl methyl sites for hydroxylation is 2. The van der Waals surface area contributed by atoms with Gasteiger partial charge in [-0.3, -0.25) is 20.4 Å². The van der Waals surface area contributed by atoms with Crippen LogP contribution in [0.5, 0.6) is 11.5 Å². The van der Waals surface area contributed by atoms with Crippen molar-refractivity contribution in [3.63, 3.8) is 0 Å². The summed E-state index contributed by atoms with van der Waals surface area (Å²) in [5, 5.41) is 0. The molecule has 0 radical (unpaired) electrons.